The number of piperazine rings is 1. The monoisotopic (exact) mass is 477 g/mol. The highest BCUT2D eigenvalue weighted by atomic mass is 35.5. The number of nitrogens with one attached hydrogen (secondary N) is 1. The topological polar surface area (TPSA) is 83.3 Å². The van der Waals surface area contributed by atoms with E-state index in [1.54, 1.807) is 29.7 Å². The molecule has 0 unspecified atom stereocenters. The van der Waals surface area contributed by atoms with Crippen LogP contribution in [-0.2, 0) is 11.3 Å². The molecule has 170 valence electrons. The number of hydrogen-bond donors (Lipinski definition) is 1. The lowest BCUT2D eigenvalue weighted by Crippen LogP contribution is -2.47. The molecule has 0 aliphatic carbocycles. The van der Waals surface area contributed by atoms with Crippen molar-refractivity contribution >= 4 is 40.0 Å². The average molecular weight is 478 g/mol. The molecule has 1 amide bonds. The number of amides is 1. The molecule has 2 aromatic heterocycles. The Morgan fingerprint density at radius 2 is 1.78 bits per heavy atom. The van der Waals surface area contributed by atoms with Crippen LogP contribution in [0.3, 0.4) is 0 Å². The van der Waals surface area contributed by atoms with Gasteiger partial charge in [0.1, 0.15) is 0 Å². The first-order valence-electron chi connectivity index (χ1n) is 10.5. The third-order valence-electron chi connectivity index (χ3n) is 6.01. The van der Waals surface area contributed by atoms with E-state index in [4.69, 9.17) is 23.2 Å². The molecule has 1 aliphatic rings. The van der Waals surface area contributed by atoms with Gasteiger partial charge in [-0.3, -0.25) is 19.5 Å². The van der Waals surface area contributed by atoms with Crippen LogP contribution in [-0.4, -0.2) is 63.3 Å². The van der Waals surface area contributed by atoms with Crippen molar-refractivity contribution in [1.29, 1.82) is 0 Å². The molecule has 3 heterocycles. The van der Waals surface area contributed by atoms with Gasteiger partial charge in [-0.1, -0.05) is 23.2 Å². The van der Waals surface area contributed by atoms with Gasteiger partial charge in [-0.05, 0) is 38.6 Å². The second-order valence-electron chi connectivity index (χ2n) is 8.15. The third-order valence-corrected chi connectivity index (χ3v) is 6.75. The van der Waals surface area contributed by atoms with Gasteiger partial charge in [0.2, 0.25) is 5.91 Å². The normalized spacial score (nSPS) is 14.9. The number of nitrogens with zero attached hydrogens (tertiary/aromatic N) is 4. The number of benzene rings is 1. The van der Waals surface area contributed by atoms with Crippen molar-refractivity contribution in [2.75, 3.05) is 33.2 Å². The zero-order valence-corrected chi connectivity index (χ0v) is 19.5. The maximum absolute atomic E-state index is 13.1. The number of fused-ring (bicyclic) bond motifs is 1. The van der Waals surface area contributed by atoms with Gasteiger partial charge >= 0.3 is 0 Å². The van der Waals surface area contributed by atoms with Gasteiger partial charge in [0.15, 0.2) is 0 Å². The molecule has 1 saturated heterocycles. The fourth-order valence-corrected chi connectivity index (χ4v) is 4.39. The molecule has 1 aromatic carbocycles. The quantitative estimate of drug-likeness (QED) is 0.612. The predicted molar refractivity (Wildman–Crippen MR) is 126 cm³/mol. The van der Waals surface area contributed by atoms with Crippen molar-refractivity contribution in [3.63, 3.8) is 0 Å². The Balaban J connectivity index is 1.56. The van der Waals surface area contributed by atoms with Crippen LogP contribution in [0.15, 0.2) is 33.9 Å². The highest BCUT2D eigenvalue weighted by Gasteiger charge is 2.19. The van der Waals surface area contributed by atoms with Gasteiger partial charge < -0.3 is 14.4 Å². The molecule has 32 heavy (non-hydrogen) atoms. The van der Waals surface area contributed by atoms with E-state index < -0.39 is 0 Å². The lowest BCUT2D eigenvalue weighted by molar-refractivity contribution is -0.132. The molecule has 0 atom stereocenters. The summed E-state index contributed by atoms with van der Waals surface area (Å²) in [5.41, 5.74) is 1.05. The first-order chi connectivity index (χ1) is 15.3. The van der Waals surface area contributed by atoms with Crippen LogP contribution in [0.25, 0.3) is 16.6 Å². The summed E-state index contributed by atoms with van der Waals surface area (Å²) in [5.74, 6) is 0.105. The molecule has 0 saturated carbocycles. The van der Waals surface area contributed by atoms with E-state index in [1.165, 1.54) is 10.7 Å². The Morgan fingerprint density at radius 1 is 1.06 bits per heavy atom. The van der Waals surface area contributed by atoms with Gasteiger partial charge in [-0.2, -0.15) is 0 Å². The Labute approximate surface area is 194 Å². The van der Waals surface area contributed by atoms with Gasteiger partial charge in [-0.15, -0.1) is 0 Å². The van der Waals surface area contributed by atoms with Crippen LogP contribution in [0.1, 0.15) is 18.5 Å². The zero-order chi connectivity index (χ0) is 23.0. The van der Waals surface area contributed by atoms with E-state index in [9.17, 15) is 14.4 Å². The number of aryl methyl sites for hydroxylation is 1. The Kier molecular flexibility index (Phi) is 6.46. The van der Waals surface area contributed by atoms with Gasteiger partial charge in [0, 0.05) is 50.9 Å². The van der Waals surface area contributed by atoms with Crippen molar-refractivity contribution in [3.8, 4) is 5.69 Å². The Hall–Kier alpha value is -2.55. The second kappa shape index (κ2) is 9.13. The highest BCUT2D eigenvalue weighted by molar-refractivity contribution is 6.42. The molecule has 0 bridgehead atoms. The number of aromatic nitrogens is 3. The third kappa shape index (κ3) is 4.35. The molecular weight excluding hydrogens is 453 g/mol. The molecule has 1 aliphatic heterocycles. The molecule has 10 heteroatoms. The molecular formula is C22H25Cl2N5O3. The zero-order valence-electron chi connectivity index (χ0n) is 18.0. The number of halogens is 2. The molecule has 3 aromatic rings. The summed E-state index contributed by atoms with van der Waals surface area (Å²) in [7, 11) is 2.05. The molecule has 4 rings (SSSR count). The number of carbonyl (C=O) groups excluding carboxylic acids is 1. The standard InChI is InChI=1S/C22H25Cl2N5O3/c1-14-21-18(25-29(22(21)32)15-5-6-16(23)17(24)12-15)13-20(31)28(14)7-3-4-19(30)27-10-8-26(2)9-11-27/h5-6,12-13,25H,3-4,7-11H2,1-2H3. The number of hydrogen-bond acceptors (Lipinski definition) is 4. The maximum atomic E-state index is 13.1. The fraction of sp³-hybridized carbons (Fsp3) is 0.409. The summed E-state index contributed by atoms with van der Waals surface area (Å²) < 4.78 is 2.91. The lowest BCUT2D eigenvalue weighted by Gasteiger charge is -2.32. The van der Waals surface area contributed by atoms with Crippen LogP contribution in [0.4, 0.5) is 0 Å². The molecule has 0 spiro atoms. The largest absolute Gasteiger partial charge is 0.340 e. The Bertz CT molecular complexity index is 1290. The first kappa shape index (κ1) is 22.6. The number of H-pyrrole nitrogens is 1. The van der Waals surface area contributed by atoms with Crippen LogP contribution < -0.4 is 11.1 Å². The second-order valence-corrected chi connectivity index (χ2v) is 8.96. The molecule has 1 N–H and O–H groups in total. The number of rotatable bonds is 5. The molecule has 0 radical (unpaired) electrons. The summed E-state index contributed by atoms with van der Waals surface area (Å²) >= 11 is 12.1. The van der Waals surface area contributed by atoms with E-state index in [-0.39, 0.29) is 17.0 Å². The SMILES string of the molecule is Cc1c2c(=O)n(-c3ccc(Cl)c(Cl)c3)[nH]c2cc(=O)n1CCCC(=O)N1CCN(C)CC1. The summed E-state index contributed by atoms with van der Waals surface area (Å²) in [6.45, 7) is 5.34. The van der Waals surface area contributed by atoms with E-state index in [2.05, 4.69) is 10.00 Å². The van der Waals surface area contributed by atoms with Crippen molar-refractivity contribution in [2.45, 2.75) is 26.3 Å². The summed E-state index contributed by atoms with van der Waals surface area (Å²) in [6, 6.07) is 6.29. The maximum Gasteiger partial charge on any atom is 0.280 e. The Morgan fingerprint density at radius 3 is 2.47 bits per heavy atom. The smallest absolute Gasteiger partial charge is 0.280 e. The van der Waals surface area contributed by atoms with Crippen molar-refractivity contribution in [2.24, 2.45) is 0 Å². The number of likely N-dealkylation sites (N-methyl/N-ethyl adjacent to an activating group) is 1. The van der Waals surface area contributed by atoms with Crippen molar-refractivity contribution in [1.82, 2.24) is 24.1 Å². The van der Waals surface area contributed by atoms with Crippen LogP contribution in [0.2, 0.25) is 10.0 Å². The van der Waals surface area contributed by atoms with E-state index in [1.807, 2.05) is 11.9 Å². The number of aromatic amines is 1. The lowest BCUT2D eigenvalue weighted by atomic mass is 10.2. The fourth-order valence-electron chi connectivity index (χ4n) is 4.10. The van der Waals surface area contributed by atoms with Crippen molar-refractivity contribution < 1.29 is 4.79 Å². The average Bonchev–Trinajstić information content (AvgIpc) is 3.09. The number of pyridine rings is 1. The van der Waals surface area contributed by atoms with Gasteiger partial charge in [-0.25, -0.2) is 4.68 Å². The minimum absolute atomic E-state index is 0.105. The van der Waals surface area contributed by atoms with E-state index in [0.717, 1.165) is 26.2 Å². The predicted octanol–water partition coefficient (Wildman–Crippen LogP) is 2.65. The van der Waals surface area contributed by atoms with E-state index >= 15 is 0 Å². The van der Waals surface area contributed by atoms with Crippen LogP contribution >= 0.6 is 23.2 Å². The van der Waals surface area contributed by atoms with Crippen molar-refractivity contribution in [3.05, 3.63) is 60.7 Å². The summed E-state index contributed by atoms with van der Waals surface area (Å²) in [4.78, 5) is 42.4. The van der Waals surface area contributed by atoms with Gasteiger partial charge in [0.05, 0.1) is 26.6 Å². The first-order valence-corrected chi connectivity index (χ1v) is 11.3. The summed E-state index contributed by atoms with van der Waals surface area (Å²) in [6.07, 6.45) is 0.900. The van der Waals surface area contributed by atoms with Crippen LogP contribution in [0.5, 0.6) is 0 Å². The molecule has 1 fully saturated rings. The minimum atomic E-state index is -0.279. The molecule has 8 nitrogen and oxygen atoms in total. The van der Waals surface area contributed by atoms with Gasteiger partial charge in [0.25, 0.3) is 11.1 Å². The number of carbonyl (C=O) groups is 1. The van der Waals surface area contributed by atoms with E-state index in [0.29, 0.717) is 51.7 Å². The minimum Gasteiger partial charge on any atom is -0.340 e. The highest BCUT2D eigenvalue weighted by Crippen LogP contribution is 2.24. The van der Waals surface area contributed by atoms with Crippen LogP contribution in [0, 0.1) is 6.92 Å². The summed E-state index contributed by atoms with van der Waals surface area (Å²) in [5, 5.41) is 4.13.